The van der Waals surface area contributed by atoms with E-state index >= 15 is 0 Å². The van der Waals surface area contributed by atoms with Gasteiger partial charge in [-0.1, -0.05) is 26.7 Å². The van der Waals surface area contributed by atoms with Gasteiger partial charge in [-0.15, -0.1) is 0 Å². The molecule has 0 heterocycles. The Labute approximate surface area is 121 Å². The lowest BCUT2D eigenvalue weighted by Crippen LogP contribution is -2.35. The first-order valence-electron chi connectivity index (χ1n) is 7.66. The van der Waals surface area contributed by atoms with E-state index in [9.17, 15) is 4.79 Å². The molecule has 0 amide bonds. The van der Waals surface area contributed by atoms with Crippen molar-refractivity contribution in [3.8, 4) is 0 Å². The zero-order valence-electron chi connectivity index (χ0n) is 12.8. The summed E-state index contributed by atoms with van der Waals surface area (Å²) in [6.45, 7) is 6.16. The van der Waals surface area contributed by atoms with Gasteiger partial charge in [0.1, 0.15) is 0 Å². The highest BCUT2D eigenvalue weighted by Crippen LogP contribution is 2.32. The van der Waals surface area contributed by atoms with E-state index in [2.05, 4.69) is 19.2 Å². The number of carbonyl (C=O) groups excluding carboxylic acids is 1. The van der Waals surface area contributed by atoms with Crippen molar-refractivity contribution in [3.63, 3.8) is 0 Å². The van der Waals surface area contributed by atoms with Crippen molar-refractivity contribution < 1.29 is 4.79 Å². The summed E-state index contributed by atoms with van der Waals surface area (Å²) >= 11 is 0. The maximum absolute atomic E-state index is 11.6. The van der Waals surface area contributed by atoms with Crippen molar-refractivity contribution in [2.75, 3.05) is 11.1 Å². The molecule has 0 aromatic heterocycles. The Morgan fingerprint density at radius 1 is 1.30 bits per heavy atom. The minimum absolute atomic E-state index is 0.0233. The standard InChI is InChI=1S/C17H26N2O/c1-11(2)14-6-4-5-7-17(14)19-13-8-9-16(18)15(10-13)12(3)20/h8-11,14,17,19H,4-7,18H2,1-3H3. The molecular weight excluding hydrogens is 248 g/mol. The molecule has 0 bridgehead atoms. The van der Waals surface area contributed by atoms with Crippen molar-refractivity contribution >= 4 is 17.2 Å². The number of rotatable bonds is 4. The van der Waals surface area contributed by atoms with Gasteiger partial charge in [0.15, 0.2) is 5.78 Å². The fourth-order valence-electron chi connectivity index (χ4n) is 3.30. The Kier molecular flexibility index (Phi) is 4.69. The highest BCUT2D eigenvalue weighted by atomic mass is 16.1. The van der Waals surface area contributed by atoms with E-state index < -0.39 is 0 Å². The molecule has 0 saturated heterocycles. The lowest BCUT2D eigenvalue weighted by atomic mass is 9.77. The minimum Gasteiger partial charge on any atom is -0.398 e. The first kappa shape index (κ1) is 14.9. The van der Waals surface area contributed by atoms with Crippen molar-refractivity contribution in [1.29, 1.82) is 0 Å². The zero-order valence-corrected chi connectivity index (χ0v) is 12.8. The molecule has 3 N–H and O–H groups in total. The van der Waals surface area contributed by atoms with Crippen LogP contribution in [0.15, 0.2) is 18.2 Å². The number of hydrogen-bond donors (Lipinski definition) is 2. The van der Waals surface area contributed by atoms with Gasteiger partial charge >= 0.3 is 0 Å². The van der Waals surface area contributed by atoms with E-state index in [4.69, 9.17) is 5.73 Å². The van der Waals surface area contributed by atoms with E-state index in [-0.39, 0.29) is 5.78 Å². The van der Waals surface area contributed by atoms with E-state index in [0.717, 1.165) is 5.69 Å². The highest BCUT2D eigenvalue weighted by Gasteiger charge is 2.27. The summed E-state index contributed by atoms with van der Waals surface area (Å²) in [5.74, 6) is 1.42. The molecule has 2 unspecified atom stereocenters. The molecule has 20 heavy (non-hydrogen) atoms. The maximum Gasteiger partial charge on any atom is 0.161 e. The van der Waals surface area contributed by atoms with Gasteiger partial charge in [-0.2, -0.15) is 0 Å². The number of carbonyl (C=O) groups is 1. The number of nitrogens with two attached hydrogens (primary N) is 1. The molecule has 0 spiro atoms. The second kappa shape index (κ2) is 6.29. The Hall–Kier alpha value is -1.51. The van der Waals surface area contributed by atoms with Gasteiger partial charge in [0.05, 0.1) is 0 Å². The number of anilines is 2. The third-order valence-corrected chi connectivity index (χ3v) is 4.46. The van der Waals surface area contributed by atoms with Crippen molar-refractivity contribution in [2.45, 2.75) is 52.5 Å². The number of ketones is 1. The van der Waals surface area contributed by atoms with Crippen LogP contribution in [0.4, 0.5) is 11.4 Å². The monoisotopic (exact) mass is 274 g/mol. The molecule has 2 atom stereocenters. The van der Waals surface area contributed by atoms with Gasteiger partial charge in [-0.05, 0) is 49.8 Å². The van der Waals surface area contributed by atoms with Crippen molar-refractivity contribution in [2.24, 2.45) is 11.8 Å². The molecule has 1 aromatic rings. The molecule has 1 aliphatic carbocycles. The number of nitrogens with one attached hydrogen (secondary N) is 1. The second-order valence-electron chi connectivity index (χ2n) is 6.30. The SMILES string of the molecule is CC(=O)c1cc(NC2CCCCC2C(C)C)ccc1N. The van der Waals surface area contributed by atoms with E-state index in [0.29, 0.717) is 29.1 Å². The smallest absolute Gasteiger partial charge is 0.161 e. The van der Waals surface area contributed by atoms with Crippen LogP contribution in [0.1, 0.15) is 56.8 Å². The fourth-order valence-corrected chi connectivity index (χ4v) is 3.30. The molecular formula is C17H26N2O. The van der Waals surface area contributed by atoms with Crippen LogP contribution in [-0.4, -0.2) is 11.8 Å². The number of hydrogen-bond acceptors (Lipinski definition) is 3. The van der Waals surface area contributed by atoms with Crippen LogP contribution in [0, 0.1) is 11.8 Å². The van der Waals surface area contributed by atoms with Crippen molar-refractivity contribution in [1.82, 2.24) is 0 Å². The van der Waals surface area contributed by atoms with Crippen LogP contribution >= 0.6 is 0 Å². The molecule has 3 nitrogen and oxygen atoms in total. The van der Waals surface area contributed by atoms with Gasteiger partial charge in [-0.3, -0.25) is 4.79 Å². The number of benzene rings is 1. The lowest BCUT2D eigenvalue weighted by molar-refractivity contribution is 0.101. The first-order valence-corrected chi connectivity index (χ1v) is 7.66. The second-order valence-corrected chi connectivity index (χ2v) is 6.30. The summed E-state index contributed by atoms with van der Waals surface area (Å²) < 4.78 is 0. The molecule has 0 radical (unpaired) electrons. The summed E-state index contributed by atoms with van der Waals surface area (Å²) in [4.78, 5) is 11.6. The summed E-state index contributed by atoms with van der Waals surface area (Å²) in [7, 11) is 0. The van der Waals surface area contributed by atoms with E-state index in [1.165, 1.54) is 25.7 Å². The molecule has 0 aliphatic heterocycles. The number of nitrogen functional groups attached to an aromatic ring is 1. The Morgan fingerprint density at radius 2 is 2.00 bits per heavy atom. The van der Waals surface area contributed by atoms with Gasteiger partial charge in [0.25, 0.3) is 0 Å². The van der Waals surface area contributed by atoms with E-state index in [1.54, 1.807) is 6.92 Å². The van der Waals surface area contributed by atoms with Crippen LogP contribution in [0.25, 0.3) is 0 Å². The summed E-state index contributed by atoms with van der Waals surface area (Å²) in [6, 6.07) is 6.20. The Morgan fingerprint density at radius 3 is 2.65 bits per heavy atom. The molecule has 2 rings (SSSR count). The van der Waals surface area contributed by atoms with Crippen LogP contribution < -0.4 is 11.1 Å². The van der Waals surface area contributed by atoms with E-state index in [1.807, 2.05) is 18.2 Å². The quantitative estimate of drug-likeness (QED) is 0.642. The third kappa shape index (κ3) is 3.33. The first-order chi connectivity index (χ1) is 9.49. The molecule has 3 heteroatoms. The largest absolute Gasteiger partial charge is 0.398 e. The normalized spacial score (nSPS) is 22.8. The fraction of sp³-hybridized carbons (Fsp3) is 0.588. The summed E-state index contributed by atoms with van der Waals surface area (Å²) in [5.41, 5.74) is 8.05. The third-order valence-electron chi connectivity index (χ3n) is 4.46. The van der Waals surface area contributed by atoms with Crippen molar-refractivity contribution in [3.05, 3.63) is 23.8 Å². The highest BCUT2D eigenvalue weighted by molar-refractivity contribution is 6.00. The molecule has 1 aromatic carbocycles. The van der Waals surface area contributed by atoms with Crippen LogP contribution in [-0.2, 0) is 0 Å². The maximum atomic E-state index is 11.6. The topological polar surface area (TPSA) is 55.1 Å². The average molecular weight is 274 g/mol. The number of Topliss-reactive ketones (excluding diaryl/α,β-unsaturated/α-hetero) is 1. The Bertz CT molecular complexity index is 482. The molecule has 1 aliphatic rings. The molecule has 1 saturated carbocycles. The van der Waals surface area contributed by atoms with Crippen LogP contribution in [0.5, 0.6) is 0 Å². The predicted molar refractivity (Wildman–Crippen MR) is 85.1 cm³/mol. The average Bonchev–Trinajstić information content (AvgIpc) is 2.41. The Balaban J connectivity index is 2.16. The van der Waals surface area contributed by atoms with Gasteiger partial charge in [0.2, 0.25) is 0 Å². The lowest BCUT2D eigenvalue weighted by Gasteiger charge is -2.35. The summed E-state index contributed by atoms with van der Waals surface area (Å²) in [5, 5.41) is 3.63. The van der Waals surface area contributed by atoms with Gasteiger partial charge < -0.3 is 11.1 Å². The van der Waals surface area contributed by atoms with Crippen LogP contribution in [0.3, 0.4) is 0 Å². The predicted octanol–water partition coefficient (Wildman–Crippen LogP) is 4.10. The zero-order chi connectivity index (χ0) is 14.7. The van der Waals surface area contributed by atoms with Gasteiger partial charge in [0, 0.05) is 23.0 Å². The molecule has 110 valence electrons. The van der Waals surface area contributed by atoms with Gasteiger partial charge in [-0.25, -0.2) is 0 Å². The summed E-state index contributed by atoms with van der Waals surface area (Å²) in [6.07, 6.45) is 5.13. The van der Waals surface area contributed by atoms with Crippen LogP contribution in [0.2, 0.25) is 0 Å². The minimum atomic E-state index is 0.0233. The molecule has 1 fully saturated rings.